The van der Waals surface area contributed by atoms with Crippen LogP contribution in [0.4, 0.5) is 10.3 Å². The largest absolute Gasteiger partial charge is 0.392 e. The summed E-state index contributed by atoms with van der Waals surface area (Å²) in [5.74, 6) is 0.675. The zero-order chi connectivity index (χ0) is 14.9. The summed E-state index contributed by atoms with van der Waals surface area (Å²) in [4.78, 5) is 19.0. The van der Waals surface area contributed by atoms with Crippen LogP contribution in [0.1, 0.15) is 0 Å². The smallest absolute Gasteiger partial charge is 0.262 e. The molecule has 0 amide bonds. The van der Waals surface area contributed by atoms with Crippen molar-refractivity contribution < 1.29 is 9.50 Å². The highest BCUT2D eigenvalue weighted by Crippen LogP contribution is 2.46. The summed E-state index contributed by atoms with van der Waals surface area (Å²) in [5.41, 5.74) is 0.201. The van der Waals surface area contributed by atoms with E-state index in [4.69, 9.17) is 0 Å². The van der Waals surface area contributed by atoms with Crippen LogP contribution in [0.15, 0.2) is 21.4 Å². The topological polar surface area (TPSA) is 58.4 Å². The Morgan fingerprint density at radius 3 is 2.71 bits per heavy atom. The molecule has 0 bridgehead atoms. The van der Waals surface area contributed by atoms with Crippen LogP contribution in [0, 0.1) is 17.7 Å². The minimum atomic E-state index is -0.466. The summed E-state index contributed by atoms with van der Waals surface area (Å²) in [5, 5.41) is 9.88. The predicted molar refractivity (Wildman–Crippen MR) is 79.8 cm³/mol. The fourth-order valence-corrected chi connectivity index (χ4v) is 3.75. The molecule has 2 aromatic rings. The highest BCUT2D eigenvalue weighted by atomic mass is 79.9. The number of hydrogen-bond donors (Lipinski definition) is 1. The lowest BCUT2D eigenvalue weighted by Gasteiger charge is -2.22. The maximum Gasteiger partial charge on any atom is 0.262 e. The van der Waals surface area contributed by atoms with Gasteiger partial charge in [-0.1, -0.05) is 0 Å². The molecule has 7 heteroatoms. The van der Waals surface area contributed by atoms with Gasteiger partial charge in [0, 0.05) is 36.4 Å². The molecule has 1 aliphatic carbocycles. The summed E-state index contributed by atoms with van der Waals surface area (Å²) in [6, 6.07) is 2.52. The summed E-state index contributed by atoms with van der Waals surface area (Å²) in [6.45, 7) is 1.41. The lowest BCUT2D eigenvalue weighted by Crippen LogP contribution is -2.33. The highest BCUT2D eigenvalue weighted by Gasteiger charge is 2.55. The quantitative estimate of drug-likeness (QED) is 0.838. The molecule has 0 radical (unpaired) electrons. The van der Waals surface area contributed by atoms with Gasteiger partial charge in [0.1, 0.15) is 5.82 Å². The first-order chi connectivity index (χ1) is 9.97. The van der Waals surface area contributed by atoms with Gasteiger partial charge in [-0.05, 0) is 28.1 Å². The van der Waals surface area contributed by atoms with Crippen molar-refractivity contribution in [2.75, 3.05) is 18.0 Å². The number of halogens is 2. The average molecular weight is 354 g/mol. The number of nitrogens with zero attached hydrogens (tertiary/aromatic N) is 3. The van der Waals surface area contributed by atoms with Gasteiger partial charge in [-0.15, -0.1) is 0 Å². The molecular formula is C14H13BrFN3O2. The molecule has 1 N–H and O–H groups in total. The molecule has 5 nitrogen and oxygen atoms in total. The van der Waals surface area contributed by atoms with Crippen molar-refractivity contribution in [1.29, 1.82) is 0 Å². The molecule has 21 heavy (non-hydrogen) atoms. The molecule has 2 heterocycles. The third-order valence-electron chi connectivity index (χ3n) is 4.51. The second-order valence-corrected chi connectivity index (χ2v) is 6.64. The van der Waals surface area contributed by atoms with E-state index in [-0.39, 0.29) is 28.9 Å². The average Bonchev–Trinajstić information content (AvgIpc) is 2.87. The van der Waals surface area contributed by atoms with E-state index in [1.54, 1.807) is 7.05 Å². The normalized spacial score (nSPS) is 27.2. The molecule has 1 aromatic carbocycles. The van der Waals surface area contributed by atoms with Crippen LogP contribution in [0.25, 0.3) is 10.9 Å². The predicted octanol–water partition coefficient (Wildman–Crippen LogP) is 1.26. The Labute approximate surface area is 128 Å². The maximum atomic E-state index is 13.5. The number of aromatic nitrogens is 2. The lowest BCUT2D eigenvalue weighted by molar-refractivity contribution is 0.241. The Morgan fingerprint density at radius 1 is 1.38 bits per heavy atom. The van der Waals surface area contributed by atoms with Crippen LogP contribution in [-0.2, 0) is 7.05 Å². The van der Waals surface area contributed by atoms with Crippen molar-refractivity contribution in [2.45, 2.75) is 6.10 Å². The van der Waals surface area contributed by atoms with Gasteiger partial charge >= 0.3 is 0 Å². The van der Waals surface area contributed by atoms with Gasteiger partial charge < -0.3 is 10.0 Å². The minimum Gasteiger partial charge on any atom is -0.392 e. The van der Waals surface area contributed by atoms with Crippen molar-refractivity contribution in [3.05, 3.63) is 32.8 Å². The number of aliphatic hydroxyl groups is 1. The minimum absolute atomic E-state index is 0.209. The van der Waals surface area contributed by atoms with Crippen LogP contribution in [-0.4, -0.2) is 33.9 Å². The summed E-state index contributed by atoms with van der Waals surface area (Å²) < 4.78 is 15.4. The second-order valence-electron chi connectivity index (χ2n) is 5.78. The fraction of sp³-hybridized carbons (Fsp3) is 0.429. The van der Waals surface area contributed by atoms with E-state index in [0.717, 1.165) is 0 Å². The van der Waals surface area contributed by atoms with Gasteiger partial charge in [-0.2, -0.15) is 0 Å². The molecule has 110 valence electrons. The molecule has 2 aliphatic rings. The van der Waals surface area contributed by atoms with Gasteiger partial charge in [0.25, 0.3) is 5.56 Å². The third kappa shape index (κ3) is 1.83. The molecule has 1 aromatic heterocycles. The van der Waals surface area contributed by atoms with Gasteiger partial charge in [0.2, 0.25) is 5.95 Å². The zero-order valence-corrected chi connectivity index (χ0v) is 12.8. The SMILES string of the molecule is Cn1c(N2C[C@@H]3C(O)[C@@H]3C2)nc2c(Br)cc(F)cc2c1=O. The van der Waals surface area contributed by atoms with E-state index in [0.29, 0.717) is 29.0 Å². The number of benzene rings is 1. The molecule has 3 atom stereocenters. The second kappa shape index (κ2) is 4.27. The first-order valence-corrected chi connectivity index (χ1v) is 7.55. The van der Waals surface area contributed by atoms with Crippen molar-refractivity contribution in [3.8, 4) is 0 Å². The number of fused-ring (bicyclic) bond motifs is 2. The Kier molecular flexibility index (Phi) is 2.68. The van der Waals surface area contributed by atoms with E-state index >= 15 is 0 Å². The van der Waals surface area contributed by atoms with Crippen LogP contribution < -0.4 is 10.5 Å². The molecule has 1 saturated heterocycles. The third-order valence-corrected chi connectivity index (χ3v) is 5.11. The molecule has 1 unspecified atom stereocenters. The summed E-state index contributed by atoms with van der Waals surface area (Å²) in [7, 11) is 1.64. The summed E-state index contributed by atoms with van der Waals surface area (Å²) >= 11 is 3.27. The van der Waals surface area contributed by atoms with Gasteiger partial charge in [0.05, 0.1) is 17.0 Å². The lowest BCUT2D eigenvalue weighted by atomic mass is 10.2. The first-order valence-electron chi connectivity index (χ1n) is 6.76. The number of hydrogen-bond acceptors (Lipinski definition) is 4. The summed E-state index contributed by atoms with van der Waals surface area (Å²) in [6.07, 6.45) is -0.209. The standard InChI is InChI=1S/C14H13BrFN3O2/c1-18-13(21)7-2-6(16)3-10(15)11(7)17-14(18)19-4-8-9(5-19)12(8)20/h2-3,8-9,12,20H,4-5H2,1H3/t8-,9+,12?. The zero-order valence-electron chi connectivity index (χ0n) is 11.3. The molecule has 0 spiro atoms. The Hall–Kier alpha value is -1.47. The molecule has 1 saturated carbocycles. The number of piperidine rings is 1. The molecule has 4 rings (SSSR count). The van der Waals surface area contributed by atoms with E-state index in [1.165, 1.54) is 16.7 Å². The van der Waals surface area contributed by atoms with E-state index in [9.17, 15) is 14.3 Å². The van der Waals surface area contributed by atoms with E-state index < -0.39 is 5.82 Å². The van der Waals surface area contributed by atoms with Gasteiger partial charge in [-0.25, -0.2) is 9.37 Å². The fourth-order valence-electron chi connectivity index (χ4n) is 3.23. The maximum absolute atomic E-state index is 13.5. The number of anilines is 1. The van der Waals surface area contributed by atoms with Crippen molar-refractivity contribution >= 4 is 32.8 Å². The van der Waals surface area contributed by atoms with Gasteiger partial charge in [0.15, 0.2) is 0 Å². The highest BCUT2D eigenvalue weighted by molar-refractivity contribution is 9.10. The number of rotatable bonds is 1. The number of aliphatic hydroxyl groups excluding tert-OH is 1. The Bertz CT molecular complexity index is 810. The van der Waals surface area contributed by atoms with Crippen molar-refractivity contribution in [2.24, 2.45) is 18.9 Å². The molecule has 1 aliphatic heterocycles. The van der Waals surface area contributed by atoms with Crippen LogP contribution in [0.5, 0.6) is 0 Å². The molecular weight excluding hydrogens is 341 g/mol. The van der Waals surface area contributed by atoms with Crippen molar-refractivity contribution in [1.82, 2.24) is 9.55 Å². The van der Waals surface area contributed by atoms with E-state index in [1.807, 2.05) is 4.90 Å². The Balaban J connectivity index is 1.87. The van der Waals surface area contributed by atoms with Gasteiger partial charge in [-0.3, -0.25) is 9.36 Å². The van der Waals surface area contributed by atoms with Crippen LogP contribution in [0.3, 0.4) is 0 Å². The van der Waals surface area contributed by atoms with E-state index in [2.05, 4.69) is 20.9 Å². The molecule has 2 fully saturated rings. The van der Waals surface area contributed by atoms with Crippen LogP contribution >= 0.6 is 15.9 Å². The monoisotopic (exact) mass is 353 g/mol. The van der Waals surface area contributed by atoms with Crippen molar-refractivity contribution in [3.63, 3.8) is 0 Å². The Morgan fingerprint density at radius 2 is 2.05 bits per heavy atom. The van der Waals surface area contributed by atoms with Crippen LogP contribution in [0.2, 0.25) is 0 Å². The first kappa shape index (κ1) is 13.2.